The van der Waals surface area contributed by atoms with Gasteiger partial charge in [0.25, 0.3) is 5.91 Å². The van der Waals surface area contributed by atoms with Gasteiger partial charge in [-0.05, 0) is 35.7 Å². The van der Waals surface area contributed by atoms with Gasteiger partial charge in [-0.25, -0.2) is 0 Å². The fourth-order valence-corrected chi connectivity index (χ4v) is 3.73. The number of ether oxygens (including phenoxy) is 1. The van der Waals surface area contributed by atoms with Gasteiger partial charge in [0.05, 0.1) is 18.2 Å². The van der Waals surface area contributed by atoms with Gasteiger partial charge in [-0.15, -0.1) is 0 Å². The minimum Gasteiger partial charge on any atom is -0.488 e. The lowest BCUT2D eigenvalue weighted by Crippen LogP contribution is -2.39. The second-order valence-corrected chi connectivity index (χ2v) is 7.59. The van der Waals surface area contributed by atoms with Crippen molar-refractivity contribution in [1.29, 1.82) is 0 Å². The first-order chi connectivity index (χ1) is 15.2. The Labute approximate surface area is 181 Å². The predicted octanol–water partition coefficient (Wildman–Crippen LogP) is 4.09. The van der Waals surface area contributed by atoms with E-state index in [1.807, 2.05) is 96.5 Å². The molecule has 0 radical (unpaired) electrons. The number of benzene rings is 3. The van der Waals surface area contributed by atoms with Gasteiger partial charge >= 0.3 is 0 Å². The molecule has 5 nitrogen and oxygen atoms in total. The smallest absolute Gasteiger partial charge is 0.268 e. The third-order valence-electron chi connectivity index (χ3n) is 5.40. The van der Waals surface area contributed by atoms with Gasteiger partial charge in [0.15, 0.2) is 0 Å². The SMILES string of the molecule is Cn1c(C(=O)N[C@@H](CO)Cc2ccccc2)cc2c(OCc3ccccc3)cccc21. The molecule has 4 rings (SSSR count). The molecule has 0 fully saturated rings. The van der Waals surface area contributed by atoms with Crippen LogP contribution >= 0.6 is 0 Å². The third-order valence-corrected chi connectivity index (χ3v) is 5.40. The lowest BCUT2D eigenvalue weighted by molar-refractivity contribution is 0.0908. The van der Waals surface area contributed by atoms with Gasteiger partial charge in [0, 0.05) is 12.4 Å². The van der Waals surface area contributed by atoms with Gasteiger partial charge < -0.3 is 19.7 Å². The van der Waals surface area contributed by atoms with Crippen molar-refractivity contribution in [3.8, 4) is 5.75 Å². The van der Waals surface area contributed by atoms with E-state index in [4.69, 9.17) is 4.74 Å². The Kier molecular flexibility index (Phi) is 6.34. The zero-order chi connectivity index (χ0) is 21.6. The molecular formula is C26H26N2O3. The lowest BCUT2D eigenvalue weighted by atomic mass is 10.1. The van der Waals surface area contributed by atoms with Crippen molar-refractivity contribution in [2.75, 3.05) is 6.61 Å². The van der Waals surface area contributed by atoms with E-state index in [0.29, 0.717) is 18.7 Å². The summed E-state index contributed by atoms with van der Waals surface area (Å²) in [6, 6.07) is 27.1. The average Bonchev–Trinajstić information content (AvgIpc) is 3.16. The summed E-state index contributed by atoms with van der Waals surface area (Å²) >= 11 is 0. The molecule has 1 heterocycles. The number of hydrogen-bond donors (Lipinski definition) is 2. The molecule has 3 aromatic carbocycles. The van der Waals surface area contributed by atoms with E-state index < -0.39 is 0 Å². The topological polar surface area (TPSA) is 63.5 Å². The number of amides is 1. The highest BCUT2D eigenvalue weighted by Crippen LogP contribution is 2.29. The molecule has 1 amide bonds. The summed E-state index contributed by atoms with van der Waals surface area (Å²) in [5, 5.41) is 13.6. The Balaban J connectivity index is 1.53. The number of carbonyl (C=O) groups is 1. The Morgan fingerprint density at radius 1 is 0.968 bits per heavy atom. The molecule has 0 unspecified atom stereocenters. The van der Waals surface area contributed by atoms with E-state index >= 15 is 0 Å². The second kappa shape index (κ2) is 9.49. The van der Waals surface area contributed by atoms with Gasteiger partial charge in [0.1, 0.15) is 18.1 Å². The lowest BCUT2D eigenvalue weighted by Gasteiger charge is -2.16. The van der Waals surface area contributed by atoms with E-state index in [1.54, 1.807) is 0 Å². The molecule has 0 bridgehead atoms. The van der Waals surface area contributed by atoms with Crippen LogP contribution in [0.3, 0.4) is 0 Å². The number of fused-ring (bicyclic) bond motifs is 1. The monoisotopic (exact) mass is 414 g/mol. The van der Waals surface area contributed by atoms with E-state index in [2.05, 4.69) is 5.32 Å². The molecule has 0 aliphatic heterocycles. The van der Waals surface area contributed by atoms with Crippen molar-refractivity contribution in [2.45, 2.75) is 19.1 Å². The molecular weight excluding hydrogens is 388 g/mol. The van der Waals surface area contributed by atoms with Crippen molar-refractivity contribution in [1.82, 2.24) is 9.88 Å². The van der Waals surface area contributed by atoms with Crippen LogP contribution in [0.1, 0.15) is 21.6 Å². The normalized spacial score (nSPS) is 11.9. The zero-order valence-corrected chi connectivity index (χ0v) is 17.5. The van der Waals surface area contributed by atoms with E-state index in [1.165, 1.54) is 0 Å². The molecule has 0 aliphatic carbocycles. The van der Waals surface area contributed by atoms with Crippen molar-refractivity contribution in [3.05, 3.63) is 102 Å². The molecule has 1 aromatic heterocycles. The maximum atomic E-state index is 13.0. The Bertz CT molecular complexity index is 1150. The Morgan fingerprint density at radius 2 is 1.65 bits per heavy atom. The molecule has 0 aliphatic rings. The van der Waals surface area contributed by atoms with E-state index in [-0.39, 0.29) is 18.6 Å². The summed E-state index contributed by atoms with van der Waals surface area (Å²) in [5.74, 6) is 0.515. The van der Waals surface area contributed by atoms with Crippen LogP contribution in [0.15, 0.2) is 84.9 Å². The number of carbonyl (C=O) groups excluding carboxylic acids is 1. The van der Waals surface area contributed by atoms with Crippen LogP contribution in [-0.4, -0.2) is 28.2 Å². The number of rotatable bonds is 8. The first-order valence-electron chi connectivity index (χ1n) is 10.4. The molecule has 4 aromatic rings. The van der Waals surface area contributed by atoms with Gasteiger partial charge in [-0.3, -0.25) is 4.79 Å². The molecule has 158 valence electrons. The molecule has 31 heavy (non-hydrogen) atoms. The third kappa shape index (κ3) is 4.78. The van der Waals surface area contributed by atoms with Crippen LogP contribution in [0.2, 0.25) is 0 Å². The van der Waals surface area contributed by atoms with Crippen LogP contribution in [0.4, 0.5) is 0 Å². The Morgan fingerprint density at radius 3 is 2.32 bits per heavy atom. The summed E-state index contributed by atoms with van der Waals surface area (Å²) in [4.78, 5) is 13.0. The minimum atomic E-state index is -0.360. The summed E-state index contributed by atoms with van der Waals surface area (Å²) in [5.41, 5.74) is 3.59. The molecule has 5 heteroatoms. The van der Waals surface area contributed by atoms with Gasteiger partial charge in [-0.1, -0.05) is 66.7 Å². The number of hydrogen-bond acceptors (Lipinski definition) is 3. The zero-order valence-electron chi connectivity index (χ0n) is 17.5. The number of nitrogens with zero attached hydrogens (tertiary/aromatic N) is 1. The molecule has 0 spiro atoms. The summed E-state index contributed by atoms with van der Waals surface area (Å²) in [6.07, 6.45) is 0.568. The fourth-order valence-electron chi connectivity index (χ4n) is 3.73. The van der Waals surface area contributed by atoms with Crippen LogP contribution < -0.4 is 10.1 Å². The van der Waals surface area contributed by atoms with Crippen LogP contribution in [0.5, 0.6) is 5.75 Å². The van der Waals surface area contributed by atoms with Crippen LogP contribution in [-0.2, 0) is 20.1 Å². The summed E-state index contributed by atoms with van der Waals surface area (Å²) in [7, 11) is 1.86. The number of aromatic nitrogens is 1. The highest BCUT2D eigenvalue weighted by atomic mass is 16.5. The summed E-state index contributed by atoms with van der Waals surface area (Å²) < 4.78 is 7.91. The number of aryl methyl sites for hydroxylation is 1. The maximum absolute atomic E-state index is 13.0. The van der Waals surface area contributed by atoms with Crippen LogP contribution in [0, 0.1) is 0 Å². The molecule has 2 N–H and O–H groups in total. The van der Waals surface area contributed by atoms with Gasteiger partial charge in [0.2, 0.25) is 0 Å². The first kappa shape index (κ1) is 20.7. The highest BCUT2D eigenvalue weighted by molar-refractivity contribution is 6.00. The second-order valence-electron chi connectivity index (χ2n) is 7.59. The molecule has 0 saturated carbocycles. The number of nitrogens with one attached hydrogen (secondary N) is 1. The average molecular weight is 415 g/mol. The molecule has 1 atom stereocenters. The Hall–Kier alpha value is -3.57. The largest absolute Gasteiger partial charge is 0.488 e. The fraction of sp³-hybridized carbons (Fsp3) is 0.192. The van der Waals surface area contributed by atoms with Crippen LogP contribution in [0.25, 0.3) is 10.9 Å². The van der Waals surface area contributed by atoms with Crippen molar-refractivity contribution >= 4 is 16.8 Å². The van der Waals surface area contributed by atoms with E-state index in [9.17, 15) is 9.90 Å². The standard InChI is InChI=1S/C26H26N2O3/c1-28-23-13-8-14-25(31-18-20-11-6-3-7-12-20)22(23)16-24(28)26(30)27-21(17-29)15-19-9-4-2-5-10-19/h2-14,16,21,29H,15,17-18H2,1H3,(H,27,30)/t21-/m1/s1. The maximum Gasteiger partial charge on any atom is 0.268 e. The highest BCUT2D eigenvalue weighted by Gasteiger charge is 2.19. The van der Waals surface area contributed by atoms with Crippen molar-refractivity contribution < 1.29 is 14.6 Å². The minimum absolute atomic E-state index is 0.129. The first-order valence-corrected chi connectivity index (χ1v) is 10.4. The van der Waals surface area contributed by atoms with Crippen molar-refractivity contribution in [2.24, 2.45) is 7.05 Å². The number of aliphatic hydroxyl groups excluding tert-OH is 1. The van der Waals surface area contributed by atoms with Crippen molar-refractivity contribution in [3.63, 3.8) is 0 Å². The molecule has 0 saturated heterocycles. The predicted molar refractivity (Wildman–Crippen MR) is 122 cm³/mol. The quantitative estimate of drug-likeness (QED) is 0.456. The number of aliphatic hydroxyl groups is 1. The summed E-state index contributed by atoms with van der Waals surface area (Å²) in [6.45, 7) is 0.329. The van der Waals surface area contributed by atoms with Gasteiger partial charge in [-0.2, -0.15) is 0 Å². The van der Waals surface area contributed by atoms with E-state index in [0.717, 1.165) is 27.8 Å².